The summed E-state index contributed by atoms with van der Waals surface area (Å²) in [5.41, 5.74) is 1.60. The first-order chi connectivity index (χ1) is 18.4. The van der Waals surface area contributed by atoms with E-state index in [-0.39, 0.29) is 39.6 Å². The zero-order valence-corrected chi connectivity index (χ0v) is 25.9. The number of carbonyl (C=O) groups excluding carboxylic acids is 1. The molecule has 7 nitrogen and oxygen atoms in total. The number of aryl methyl sites for hydroxylation is 1. The van der Waals surface area contributed by atoms with Crippen LogP contribution in [-0.2, 0) is 14.9 Å². The number of benzene rings is 1. The Labute approximate surface area is 238 Å². The van der Waals surface area contributed by atoms with Gasteiger partial charge in [-0.15, -0.1) is 0 Å². The van der Waals surface area contributed by atoms with E-state index in [1.165, 1.54) is 0 Å². The molecule has 1 N–H and O–H groups in total. The second-order valence-electron chi connectivity index (χ2n) is 14.4. The first-order valence-electron chi connectivity index (χ1n) is 14.2. The molecule has 0 spiro atoms. The lowest BCUT2D eigenvalue weighted by Crippen LogP contribution is -2.43. The van der Waals surface area contributed by atoms with Crippen LogP contribution in [0.1, 0.15) is 79.7 Å². The van der Waals surface area contributed by atoms with Gasteiger partial charge in [0.25, 0.3) is 0 Å². The Bertz CT molecular complexity index is 1580. The molecular formula is C32H43N3O4S. The highest BCUT2D eigenvalue weighted by Gasteiger charge is 2.65. The number of hydrogen-bond donors (Lipinski definition) is 1. The maximum Gasteiger partial charge on any atom is 0.310 e. The molecule has 8 heteroatoms. The number of Topliss-reactive ketones (excluding diaryl/α,β-unsaturated/α-hetero) is 1. The number of nitrogens with zero attached hydrogens (tertiary/aromatic N) is 2. The lowest BCUT2D eigenvalue weighted by Gasteiger charge is -2.35. The molecule has 1 aromatic carbocycles. The number of para-hydroxylation sites is 1. The van der Waals surface area contributed by atoms with Crippen LogP contribution >= 0.6 is 0 Å². The van der Waals surface area contributed by atoms with Gasteiger partial charge in [0, 0.05) is 23.7 Å². The number of rotatable bonds is 8. The maximum atomic E-state index is 13.6. The zero-order valence-electron chi connectivity index (χ0n) is 25.1. The van der Waals surface area contributed by atoms with Crippen LogP contribution in [0.3, 0.4) is 0 Å². The highest BCUT2D eigenvalue weighted by molar-refractivity contribution is 7.87. The Morgan fingerprint density at radius 3 is 2.45 bits per heavy atom. The van der Waals surface area contributed by atoms with E-state index in [4.69, 9.17) is 9.17 Å². The highest BCUT2D eigenvalue weighted by Crippen LogP contribution is 2.64. The summed E-state index contributed by atoms with van der Waals surface area (Å²) >= 11 is 0. The quantitative estimate of drug-likeness (QED) is 0.295. The van der Waals surface area contributed by atoms with Crippen LogP contribution in [-0.4, -0.2) is 34.9 Å². The van der Waals surface area contributed by atoms with Crippen molar-refractivity contribution in [2.24, 2.45) is 22.2 Å². The summed E-state index contributed by atoms with van der Waals surface area (Å²) in [6, 6.07) is 11.2. The summed E-state index contributed by atoms with van der Waals surface area (Å²) < 4.78 is 35.1. The van der Waals surface area contributed by atoms with E-state index in [1.54, 1.807) is 12.1 Å². The third-order valence-electron chi connectivity index (χ3n) is 9.13. The van der Waals surface area contributed by atoms with Gasteiger partial charge < -0.3 is 9.50 Å². The Morgan fingerprint density at radius 1 is 1.12 bits per heavy atom. The number of hydrogen-bond acceptors (Lipinski definition) is 6. The Balaban J connectivity index is 1.55. The molecule has 0 aliphatic heterocycles. The average molecular weight is 566 g/mol. The average Bonchev–Trinajstić information content (AvgIpc) is 3.32. The number of fused-ring (bicyclic) bond motifs is 3. The number of pyridine rings is 1. The molecular weight excluding hydrogens is 522 g/mol. The van der Waals surface area contributed by atoms with Gasteiger partial charge in [-0.25, -0.2) is 4.98 Å². The van der Waals surface area contributed by atoms with E-state index in [0.29, 0.717) is 24.1 Å². The van der Waals surface area contributed by atoms with E-state index in [0.717, 1.165) is 29.9 Å². The molecule has 2 aliphatic carbocycles. The van der Waals surface area contributed by atoms with E-state index < -0.39 is 15.5 Å². The van der Waals surface area contributed by atoms with Crippen molar-refractivity contribution in [3.63, 3.8) is 0 Å². The monoisotopic (exact) mass is 565 g/mol. The molecule has 2 atom stereocenters. The molecule has 0 radical (unpaired) electrons. The van der Waals surface area contributed by atoms with Crippen molar-refractivity contribution >= 4 is 27.4 Å². The van der Waals surface area contributed by atoms with Crippen molar-refractivity contribution in [2.75, 3.05) is 11.1 Å². The second-order valence-corrected chi connectivity index (χ2v) is 16.0. The van der Waals surface area contributed by atoms with E-state index in [2.05, 4.69) is 39.9 Å². The predicted octanol–water partition coefficient (Wildman–Crippen LogP) is 7.04. The van der Waals surface area contributed by atoms with Crippen LogP contribution in [0.5, 0.6) is 5.75 Å². The Morgan fingerprint density at radius 2 is 1.82 bits per heavy atom. The van der Waals surface area contributed by atoms with Gasteiger partial charge in [0.15, 0.2) is 5.75 Å². The zero-order chi connectivity index (χ0) is 29.3. The van der Waals surface area contributed by atoms with Crippen LogP contribution in [0.15, 0.2) is 42.6 Å². The topological polar surface area (TPSA) is 89.8 Å². The summed E-state index contributed by atoms with van der Waals surface area (Å²) in [6.07, 6.45) is 4.82. The van der Waals surface area contributed by atoms with Crippen molar-refractivity contribution in [3.8, 4) is 17.0 Å². The fourth-order valence-corrected chi connectivity index (χ4v) is 9.21. The van der Waals surface area contributed by atoms with E-state index >= 15 is 0 Å². The molecule has 216 valence electrons. The minimum absolute atomic E-state index is 0.0532. The lowest BCUT2D eigenvalue weighted by atomic mass is 9.70. The number of carbonyl (C=O) groups is 1. The van der Waals surface area contributed by atoms with Crippen molar-refractivity contribution in [3.05, 3.63) is 48.2 Å². The van der Waals surface area contributed by atoms with E-state index in [9.17, 15) is 13.2 Å². The number of aromatic nitrogens is 2. The van der Waals surface area contributed by atoms with Gasteiger partial charge in [0.2, 0.25) is 0 Å². The molecule has 2 aromatic heterocycles. The van der Waals surface area contributed by atoms with Crippen molar-refractivity contribution in [1.29, 1.82) is 0 Å². The molecule has 0 saturated heterocycles. The molecule has 40 heavy (non-hydrogen) atoms. The van der Waals surface area contributed by atoms with Crippen molar-refractivity contribution in [2.45, 2.75) is 86.6 Å². The highest BCUT2D eigenvalue weighted by atomic mass is 32.2. The summed E-state index contributed by atoms with van der Waals surface area (Å²) in [5.74, 6) is 0.979. The summed E-state index contributed by atoms with van der Waals surface area (Å²) in [6.45, 7) is 17.1. The molecule has 2 fully saturated rings. The summed E-state index contributed by atoms with van der Waals surface area (Å²) in [7, 11) is -4.08. The molecule has 2 aliphatic rings. The molecule has 2 saturated carbocycles. The molecule has 0 amide bonds. The summed E-state index contributed by atoms with van der Waals surface area (Å²) in [5, 5.41) is 3.72. The molecule has 2 bridgehead atoms. The summed E-state index contributed by atoms with van der Waals surface area (Å²) in [4.78, 5) is 18.0. The van der Waals surface area contributed by atoms with Crippen LogP contribution in [0.2, 0.25) is 0 Å². The van der Waals surface area contributed by atoms with Gasteiger partial charge in [0.1, 0.15) is 22.9 Å². The largest absolute Gasteiger partial charge is 0.382 e. The molecule has 3 aromatic rings. The molecule has 2 unspecified atom stereocenters. The molecule has 2 heterocycles. The fourth-order valence-electron chi connectivity index (χ4n) is 7.46. The van der Waals surface area contributed by atoms with Gasteiger partial charge in [-0.05, 0) is 86.6 Å². The first-order valence-corrected chi connectivity index (χ1v) is 15.8. The maximum absolute atomic E-state index is 13.6. The van der Waals surface area contributed by atoms with Crippen molar-refractivity contribution in [1.82, 2.24) is 9.38 Å². The van der Waals surface area contributed by atoms with Gasteiger partial charge in [0.05, 0.1) is 11.2 Å². The molecule has 5 rings (SSSR count). The fraction of sp³-hybridized carbons (Fsp3) is 0.562. The van der Waals surface area contributed by atoms with Crippen LogP contribution in [0, 0.1) is 29.1 Å². The number of anilines is 1. The van der Waals surface area contributed by atoms with Crippen molar-refractivity contribution < 1.29 is 17.4 Å². The first kappa shape index (κ1) is 28.7. The normalized spacial score (nSPS) is 22.7. The SMILES string of the molecule is Cc1ccn2c(NC(C)(C)CC(C)(C)C)c(-c3ccccc3OS(=O)(=O)CC34CCC(CC3=O)C4(C)C)nc2c1. The third-order valence-corrected chi connectivity index (χ3v) is 10.4. The number of ketones is 1. The van der Waals surface area contributed by atoms with Gasteiger partial charge in [-0.2, -0.15) is 8.42 Å². The minimum atomic E-state index is -4.08. The lowest BCUT2D eigenvalue weighted by molar-refractivity contribution is -0.128. The van der Waals surface area contributed by atoms with Gasteiger partial charge in [-0.3, -0.25) is 9.20 Å². The van der Waals surface area contributed by atoms with Crippen LogP contribution in [0.25, 0.3) is 16.9 Å². The smallest absolute Gasteiger partial charge is 0.310 e. The van der Waals surface area contributed by atoms with Crippen LogP contribution < -0.4 is 9.50 Å². The standard InChI is InChI=1S/C32H43N3O4S/c1-21-14-16-35-26(17-21)33-27(28(35)34-30(5,6)19-29(2,3)4)23-11-9-10-12-24(23)39-40(37,38)20-32-15-13-22(18-25(32)36)31(32,7)8/h9-12,14,16-17,22,34H,13,15,18-20H2,1-8H3. The number of imidazole rings is 1. The third kappa shape index (κ3) is 5.04. The second kappa shape index (κ2) is 9.33. The minimum Gasteiger partial charge on any atom is -0.382 e. The predicted molar refractivity (Wildman–Crippen MR) is 160 cm³/mol. The number of nitrogens with one attached hydrogen (secondary N) is 1. The van der Waals surface area contributed by atoms with Crippen LogP contribution in [0.4, 0.5) is 5.82 Å². The Kier molecular flexibility index (Phi) is 6.68. The van der Waals surface area contributed by atoms with E-state index in [1.807, 2.05) is 55.6 Å². The Hall–Kier alpha value is -2.87. The van der Waals surface area contributed by atoms with Gasteiger partial charge in [-0.1, -0.05) is 46.8 Å². The van der Waals surface area contributed by atoms with Gasteiger partial charge >= 0.3 is 10.1 Å².